The number of para-hydroxylation sites is 1. The third-order valence-corrected chi connectivity index (χ3v) is 5.43. The van der Waals surface area contributed by atoms with Crippen molar-refractivity contribution in [3.8, 4) is 0 Å². The maximum Gasteiger partial charge on any atom is 0.227 e. The Bertz CT molecular complexity index is 913. The highest BCUT2D eigenvalue weighted by atomic mass is 35.5. The zero-order chi connectivity index (χ0) is 17.4. The van der Waals surface area contributed by atoms with E-state index in [1.165, 1.54) is 16.5 Å². The molecule has 4 heteroatoms. The Hall–Kier alpha value is -2.26. The number of aromatic nitrogens is 1. The molecule has 1 fully saturated rings. The molecule has 1 atom stereocenters. The first-order valence-corrected chi connectivity index (χ1v) is 9.06. The summed E-state index contributed by atoms with van der Waals surface area (Å²) >= 11 is 5.91. The minimum Gasteiger partial charge on any atom is -0.350 e. The molecule has 3 nitrogen and oxygen atoms in total. The normalized spacial score (nSPS) is 17.4. The number of aryl methyl sites for hydroxylation is 1. The number of halogens is 1. The molecule has 1 unspecified atom stereocenters. The van der Waals surface area contributed by atoms with Gasteiger partial charge in [0.05, 0.1) is 6.42 Å². The van der Waals surface area contributed by atoms with E-state index < -0.39 is 0 Å². The Morgan fingerprint density at radius 3 is 2.72 bits per heavy atom. The number of rotatable bonds is 3. The van der Waals surface area contributed by atoms with E-state index in [0.29, 0.717) is 17.4 Å². The number of amides is 1. The molecule has 1 amide bonds. The number of benzene rings is 2. The summed E-state index contributed by atoms with van der Waals surface area (Å²) in [6.45, 7) is 1.64. The van der Waals surface area contributed by atoms with Gasteiger partial charge in [0.15, 0.2) is 0 Å². The molecule has 1 aliphatic heterocycles. The topological polar surface area (TPSA) is 25.2 Å². The van der Waals surface area contributed by atoms with E-state index in [4.69, 9.17) is 11.6 Å². The minimum atomic E-state index is 0.199. The number of likely N-dealkylation sites (tertiary alicyclic amines) is 1. The molecular formula is C21H21ClN2O. The Morgan fingerprint density at radius 2 is 1.92 bits per heavy atom. The van der Waals surface area contributed by atoms with Crippen LogP contribution in [0.2, 0.25) is 5.02 Å². The lowest BCUT2D eigenvalue weighted by Crippen LogP contribution is -2.29. The lowest BCUT2D eigenvalue weighted by Gasteiger charge is -2.16. The van der Waals surface area contributed by atoms with Gasteiger partial charge in [-0.05, 0) is 35.7 Å². The molecule has 0 bridgehead atoms. The first kappa shape index (κ1) is 16.2. The van der Waals surface area contributed by atoms with Crippen LogP contribution in [-0.4, -0.2) is 28.5 Å². The van der Waals surface area contributed by atoms with Gasteiger partial charge in [0.25, 0.3) is 0 Å². The molecule has 0 radical (unpaired) electrons. The maximum absolute atomic E-state index is 12.6. The van der Waals surface area contributed by atoms with Gasteiger partial charge in [0.2, 0.25) is 5.91 Å². The van der Waals surface area contributed by atoms with Crippen LogP contribution in [-0.2, 0) is 18.3 Å². The minimum absolute atomic E-state index is 0.199. The molecule has 0 N–H and O–H groups in total. The molecule has 4 rings (SSSR count). The lowest BCUT2D eigenvalue weighted by molar-refractivity contribution is -0.129. The molecule has 3 aromatic rings. The van der Waals surface area contributed by atoms with Gasteiger partial charge >= 0.3 is 0 Å². The molecule has 2 heterocycles. The van der Waals surface area contributed by atoms with E-state index >= 15 is 0 Å². The van der Waals surface area contributed by atoms with Crippen molar-refractivity contribution >= 4 is 28.4 Å². The quantitative estimate of drug-likeness (QED) is 0.686. The predicted octanol–water partition coefficient (Wildman–Crippen LogP) is 4.39. The summed E-state index contributed by atoms with van der Waals surface area (Å²) in [7, 11) is 2.09. The standard InChI is InChI=1S/C21H21ClN2O/c1-23-14-19(18-4-2-3-5-20(18)23)16-10-11-24(13-16)21(25)12-15-6-8-17(22)9-7-15/h2-9,14,16H,10-13H2,1H3. The second-order valence-electron chi connectivity index (χ2n) is 6.84. The summed E-state index contributed by atoms with van der Waals surface area (Å²) in [6, 6.07) is 16.0. The molecule has 0 spiro atoms. The van der Waals surface area contributed by atoms with Crippen molar-refractivity contribution in [2.24, 2.45) is 7.05 Å². The molecule has 1 saturated heterocycles. The number of carbonyl (C=O) groups excluding carboxylic acids is 1. The van der Waals surface area contributed by atoms with Crippen LogP contribution in [0.15, 0.2) is 54.7 Å². The first-order valence-electron chi connectivity index (χ1n) is 8.68. The third-order valence-electron chi connectivity index (χ3n) is 5.18. The fourth-order valence-corrected chi connectivity index (χ4v) is 3.95. The smallest absolute Gasteiger partial charge is 0.227 e. The SMILES string of the molecule is Cn1cc(C2CCN(C(=O)Cc3ccc(Cl)cc3)C2)c2ccccc21. The van der Waals surface area contributed by atoms with E-state index in [1.54, 1.807) is 0 Å². The Balaban J connectivity index is 1.49. The highest BCUT2D eigenvalue weighted by Gasteiger charge is 2.29. The Kier molecular flexibility index (Phi) is 4.26. The van der Waals surface area contributed by atoms with Crippen LogP contribution < -0.4 is 0 Å². The van der Waals surface area contributed by atoms with Gasteiger partial charge in [-0.2, -0.15) is 0 Å². The summed E-state index contributed by atoms with van der Waals surface area (Å²) < 4.78 is 2.18. The van der Waals surface area contributed by atoms with Gasteiger partial charge in [0, 0.05) is 48.2 Å². The highest BCUT2D eigenvalue weighted by molar-refractivity contribution is 6.30. The van der Waals surface area contributed by atoms with Crippen LogP contribution in [0.5, 0.6) is 0 Å². The maximum atomic E-state index is 12.6. The van der Waals surface area contributed by atoms with E-state index in [9.17, 15) is 4.79 Å². The summed E-state index contributed by atoms with van der Waals surface area (Å²) in [6.07, 6.45) is 3.70. The van der Waals surface area contributed by atoms with Crippen molar-refractivity contribution in [3.05, 3.63) is 70.9 Å². The van der Waals surface area contributed by atoms with Crippen molar-refractivity contribution in [2.75, 3.05) is 13.1 Å². The van der Waals surface area contributed by atoms with Crippen molar-refractivity contribution < 1.29 is 4.79 Å². The molecule has 1 aromatic heterocycles. The van der Waals surface area contributed by atoms with Crippen molar-refractivity contribution in [3.63, 3.8) is 0 Å². The van der Waals surface area contributed by atoms with Crippen molar-refractivity contribution in [1.82, 2.24) is 9.47 Å². The molecule has 2 aromatic carbocycles. The molecular weight excluding hydrogens is 332 g/mol. The van der Waals surface area contributed by atoms with E-state index in [1.807, 2.05) is 29.2 Å². The summed E-state index contributed by atoms with van der Waals surface area (Å²) in [5.41, 5.74) is 3.63. The number of hydrogen-bond donors (Lipinski definition) is 0. The van der Waals surface area contributed by atoms with Crippen LogP contribution in [0.4, 0.5) is 0 Å². The van der Waals surface area contributed by atoms with Crippen LogP contribution in [0, 0.1) is 0 Å². The van der Waals surface area contributed by atoms with Crippen molar-refractivity contribution in [1.29, 1.82) is 0 Å². The number of carbonyl (C=O) groups is 1. The highest BCUT2D eigenvalue weighted by Crippen LogP contribution is 2.33. The predicted molar refractivity (Wildman–Crippen MR) is 102 cm³/mol. The van der Waals surface area contributed by atoms with E-state index in [2.05, 4.69) is 42.1 Å². The molecule has 0 saturated carbocycles. The zero-order valence-corrected chi connectivity index (χ0v) is 15.0. The fourth-order valence-electron chi connectivity index (χ4n) is 3.83. The van der Waals surface area contributed by atoms with Gasteiger partial charge in [0.1, 0.15) is 0 Å². The number of nitrogens with zero attached hydrogens (tertiary/aromatic N) is 2. The fraction of sp³-hybridized carbons (Fsp3) is 0.286. The molecule has 0 aliphatic carbocycles. The van der Waals surface area contributed by atoms with Gasteiger partial charge in [-0.3, -0.25) is 4.79 Å². The molecule has 25 heavy (non-hydrogen) atoms. The Labute approximate surface area is 152 Å². The number of fused-ring (bicyclic) bond motifs is 1. The van der Waals surface area contributed by atoms with Gasteiger partial charge in [-0.1, -0.05) is 41.9 Å². The first-order chi connectivity index (χ1) is 12.1. The zero-order valence-electron chi connectivity index (χ0n) is 14.3. The molecule has 1 aliphatic rings. The average Bonchev–Trinajstić information content (AvgIpc) is 3.23. The summed E-state index contributed by atoms with van der Waals surface area (Å²) in [5, 5.41) is 2.01. The average molecular weight is 353 g/mol. The van der Waals surface area contributed by atoms with E-state index in [0.717, 1.165) is 25.1 Å². The second-order valence-corrected chi connectivity index (χ2v) is 7.28. The van der Waals surface area contributed by atoms with Crippen LogP contribution in [0.25, 0.3) is 10.9 Å². The monoisotopic (exact) mass is 352 g/mol. The van der Waals surface area contributed by atoms with Crippen LogP contribution >= 0.6 is 11.6 Å². The third kappa shape index (κ3) is 3.16. The lowest BCUT2D eigenvalue weighted by atomic mass is 9.98. The van der Waals surface area contributed by atoms with Crippen LogP contribution in [0.1, 0.15) is 23.5 Å². The Morgan fingerprint density at radius 1 is 1.16 bits per heavy atom. The second kappa shape index (κ2) is 6.57. The molecule has 128 valence electrons. The van der Waals surface area contributed by atoms with E-state index in [-0.39, 0.29) is 5.91 Å². The van der Waals surface area contributed by atoms with Gasteiger partial charge < -0.3 is 9.47 Å². The number of hydrogen-bond acceptors (Lipinski definition) is 1. The summed E-state index contributed by atoms with van der Waals surface area (Å²) in [5.74, 6) is 0.616. The van der Waals surface area contributed by atoms with Gasteiger partial charge in [-0.15, -0.1) is 0 Å². The largest absolute Gasteiger partial charge is 0.350 e. The summed E-state index contributed by atoms with van der Waals surface area (Å²) in [4.78, 5) is 14.6. The van der Waals surface area contributed by atoms with Gasteiger partial charge in [-0.25, -0.2) is 0 Å². The van der Waals surface area contributed by atoms with Crippen LogP contribution in [0.3, 0.4) is 0 Å². The van der Waals surface area contributed by atoms with Crippen molar-refractivity contribution in [2.45, 2.75) is 18.8 Å².